The summed E-state index contributed by atoms with van der Waals surface area (Å²) < 4.78 is 5.69. The van der Waals surface area contributed by atoms with Crippen LogP contribution in [0.4, 0.5) is 0 Å². The molecule has 1 amide bonds. The third-order valence-electron chi connectivity index (χ3n) is 4.10. The molecule has 0 radical (unpaired) electrons. The molecule has 0 atom stereocenters. The van der Waals surface area contributed by atoms with Gasteiger partial charge < -0.3 is 20.3 Å². The first-order valence-electron chi connectivity index (χ1n) is 8.67. The van der Waals surface area contributed by atoms with Crippen molar-refractivity contribution in [2.45, 2.75) is 45.6 Å². The van der Waals surface area contributed by atoms with Gasteiger partial charge in [-0.1, -0.05) is 0 Å². The molecule has 23 heavy (non-hydrogen) atoms. The Morgan fingerprint density at radius 2 is 1.87 bits per heavy atom. The number of amides is 1. The van der Waals surface area contributed by atoms with Gasteiger partial charge in [0.15, 0.2) is 5.96 Å². The number of nitrogens with one attached hydrogen (secondary N) is 2. The highest BCUT2D eigenvalue weighted by molar-refractivity contribution is 14.0. The second-order valence-corrected chi connectivity index (χ2v) is 5.94. The minimum atomic E-state index is 0. The van der Waals surface area contributed by atoms with Gasteiger partial charge in [0, 0.05) is 38.7 Å². The van der Waals surface area contributed by atoms with Gasteiger partial charge in [0.1, 0.15) is 0 Å². The third-order valence-corrected chi connectivity index (χ3v) is 4.10. The Hall–Kier alpha value is -0.570. The highest BCUT2D eigenvalue weighted by Crippen LogP contribution is 2.28. The molecule has 1 saturated carbocycles. The molecule has 0 spiro atoms. The Bertz CT molecular complexity index is 380. The number of rotatable bonds is 7. The fourth-order valence-electron chi connectivity index (χ4n) is 2.73. The zero-order valence-electron chi connectivity index (χ0n) is 14.3. The summed E-state index contributed by atoms with van der Waals surface area (Å²) in [5.41, 5.74) is 0. The van der Waals surface area contributed by atoms with E-state index < -0.39 is 0 Å². The summed E-state index contributed by atoms with van der Waals surface area (Å²) in [5, 5.41) is 6.30. The van der Waals surface area contributed by atoms with Crippen molar-refractivity contribution < 1.29 is 9.53 Å². The number of likely N-dealkylation sites (tertiary alicyclic amines) is 1. The van der Waals surface area contributed by atoms with Crippen molar-refractivity contribution in [1.29, 1.82) is 0 Å². The van der Waals surface area contributed by atoms with Gasteiger partial charge in [-0.2, -0.15) is 0 Å². The second-order valence-electron chi connectivity index (χ2n) is 5.94. The molecule has 0 bridgehead atoms. The summed E-state index contributed by atoms with van der Waals surface area (Å²) in [5.74, 6) is 1.42. The number of ether oxygens (including phenoxy) is 1. The lowest BCUT2D eigenvalue weighted by atomic mass is 10.1. The van der Waals surface area contributed by atoms with Crippen LogP contribution in [0.1, 0.15) is 39.5 Å². The summed E-state index contributed by atoms with van der Waals surface area (Å²) in [6.45, 7) is 8.99. The molecule has 1 heterocycles. The third kappa shape index (κ3) is 7.24. The van der Waals surface area contributed by atoms with Crippen molar-refractivity contribution in [3.05, 3.63) is 0 Å². The van der Waals surface area contributed by atoms with Gasteiger partial charge in [0.2, 0.25) is 5.91 Å². The molecule has 1 aliphatic carbocycles. The van der Waals surface area contributed by atoms with Crippen LogP contribution in [0.5, 0.6) is 0 Å². The van der Waals surface area contributed by atoms with Crippen molar-refractivity contribution >= 4 is 35.8 Å². The number of guanidine groups is 1. The standard InChI is InChI=1S/C16H30N4O2.HI/c1-3-17-16(19-10-9-18-15(21)13-5-6-13)20-11-7-14(8-12-20)22-4-2;/h13-14H,3-12H2,1-2H3,(H,17,19)(H,18,21);1H. The molecule has 0 aromatic rings. The van der Waals surface area contributed by atoms with Gasteiger partial charge in [-0.25, -0.2) is 0 Å². The largest absolute Gasteiger partial charge is 0.378 e. The van der Waals surface area contributed by atoms with E-state index in [0.717, 1.165) is 57.9 Å². The van der Waals surface area contributed by atoms with E-state index in [-0.39, 0.29) is 35.8 Å². The molecular formula is C16H31IN4O2. The van der Waals surface area contributed by atoms with Crippen LogP contribution in [0.3, 0.4) is 0 Å². The number of hydrogen-bond acceptors (Lipinski definition) is 3. The molecule has 0 aromatic carbocycles. The molecular weight excluding hydrogens is 407 g/mol. The molecule has 2 rings (SSSR count). The van der Waals surface area contributed by atoms with Crippen molar-refractivity contribution in [2.24, 2.45) is 10.9 Å². The number of aliphatic imine (C=N–C) groups is 1. The van der Waals surface area contributed by atoms with Gasteiger partial charge in [-0.3, -0.25) is 9.79 Å². The maximum atomic E-state index is 11.6. The van der Waals surface area contributed by atoms with Crippen LogP contribution in [0, 0.1) is 5.92 Å². The minimum absolute atomic E-state index is 0. The van der Waals surface area contributed by atoms with E-state index in [9.17, 15) is 4.79 Å². The predicted octanol–water partition coefficient (Wildman–Crippen LogP) is 1.60. The highest BCUT2D eigenvalue weighted by Gasteiger charge is 2.29. The average molecular weight is 438 g/mol. The maximum absolute atomic E-state index is 11.6. The fourth-order valence-corrected chi connectivity index (χ4v) is 2.73. The summed E-state index contributed by atoms with van der Waals surface area (Å²) in [4.78, 5) is 18.5. The number of halogens is 1. The van der Waals surface area contributed by atoms with Gasteiger partial charge in [-0.15, -0.1) is 24.0 Å². The lowest BCUT2D eigenvalue weighted by Crippen LogP contribution is -2.47. The SMILES string of the molecule is CCNC(=NCCNC(=O)C1CC1)N1CCC(OCC)CC1.I. The molecule has 1 aliphatic heterocycles. The molecule has 0 unspecified atom stereocenters. The highest BCUT2D eigenvalue weighted by atomic mass is 127. The minimum Gasteiger partial charge on any atom is -0.378 e. The van der Waals surface area contributed by atoms with E-state index in [0.29, 0.717) is 19.2 Å². The zero-order chi connectivity index (χ0) is 15.8. The van der Waals surface area contributed by atoms with Crippen LogP contribution in [0.15, 0.2) is 4.99 Å². The maximum Gasteiger partial charge on any atom is 0.223 e. The van der Waals surface area contributed by atoms with E-state index in [4.69, 9.17) is 4.74 Å². The fraction of sp³-hybridized carbons (Fsp3) is 0.875. The van der Waals surface area contributed by atoms with Crippen molar-refractivity contribution in [1.82, 2.24) is 15.5 Å². The Balaban J connectivity index is 0.00000264. The van der Waals surface area contributed by atoms with Gasteiger partial charge in [0.05, 0.1) is 12.6 Å². The first kappa shape index (κ1) is 20.5. The zero-order valence-corrected chi connectivity index (χ0v) is 16.7. The van der Waals surface area contributed by atoms with Gasteiger partial charge in [0.25, 0.3) is 0 Å². The topological polar surface area (TPSA) is 66.0 Å². The molecule has 7 heteroatoms. The molecule has 2 N–H and O–H groups in total. The molecule has 0 aromatic heterocycles. The van der Waals surface area contributed by atoms with Crippen molar-refractivity contribution in [3.63, 3.8) is 0 Å². The van der Waals surface area contributed by atoms with Crippen LogP contribution in [0.25, 0.3) is 0 Å². The monoisotopic (exact) mass is 438 g/mol. The van der Waals surface area contributed by atoms with Gasteiger partial charge >= 0.3 is 0 Å². The van der Waals surface area contributed by atoms with Crippen LogP contribution in [-0.4, -0.2) is 62.2 Å². The molecule has 2 fully saturated rings. The second kappa shape index (κ2) is 11.1. The smallest absolute Gasteiger partial charge is 0.223 e. The number of nitrogens with zero attached hydrogens (tertiary/aromatic N) is 2. The summed E-state index contributed by atoms with van der Waals surface area (Å²) in [7, 11) is 0. The number of piperidine rings is 1. The van der Waals surface area contributed by atoms with Crippen molar-refractivity contribution in [2.75, 3.05) is 39.3 Å². The Kier molecular flexibility index (Phi) is 9.85. The predicted molar refractivity (Wildman–Crippen MR) is 103 cm³/mol. The van der Waals surface area contributed by atoms with Crippen LogP contribution >= 0.6 is 24.0 Å². The lowest BCUT2D eigenvalue weighted by Gasteiger charge is -2.34. The summed E-state index contributed by atoms with van der Waals surface area (Å²) in [6.07, 6.45) is 4.59. The Morgan fingerprint density at radius 3 is 2.43 bits per heavy atom. The normalized spacial score (nSPS) is 19.2. The van der Waals surface area contributed by atoms with E-state index >= 15 is 0 Å². The molecule has 6 nitrogen and oxygen atoms in total. The lowest BCUT2D eigenvalue weighted by molar-refractivity contribution is -0.122. The van der Waals surface area contributed by atoms with E-state index in [2.05, 4.69) is 27.4 Å². The van der Waals surface area contributed by atoms with Crippen LogP contribution < -0.4 is 10.6 Å². The molecule has 1 saturated heterocycles. The average Bonchev–Trinajstić information content (AvgIpc) is 3.36. The van der Waals surface area contributed by atoms with E-state index in [1.165, 1.54) is 0 Å². The Morgan fingerprint density at radius 1 is 1.17 bits per heavy atom. The molecule has 2 aliphatic rings. The quantitative estimate of drug-likeness (QED) is 0.274. The van der Waals surface area contributed by atoms with E-state index in [1.807, 2.05) is 6.92 Å². The number of hydrogen-bond donors (Lipinski definition) is 2. The van der Waals surface area contributed by atoms with Crippen molar-refractivity contribution in [3.8, 4) is 0 Å². The summed E-state index contributed by atoms with van der Waals surface area (Å²) in [6, 6.07) is 0. The van der Waals surface area contributed by atoms with Crippen LogP contribution in [0.2, 0.25) is 0 Å². The van der Waals surface area contributed by atoms with E-state index in [1.54, 1.807) is 0 Å². The number of carbonyl (C=O) groups excluding carboxylic acids is 1. The number of carbonyl (C=O) groups is 1. The van der Waals surface area contributed by atoms with Gasteiger partial charge in [-0.05, 0) is 39.5 Å². The first-order valence-corrected chi connectivity index (χ1v) is 8.67. The first-order chi connectivity index (χ1) is 10.7. The van der Waals surface area contributed by atoms with Crippen LogP contribution in [-0.2, 0) is 9.53 Å². The Labute approximate surface area is 156 Å². The molecule has 134 valence electrons. The summed E-state index contributed by atoms with van der Waals surface area (Å²) >= 11 is 0.